The average Bonchev–Trinajstić information content (AvgIpc) is 2.33. The van der Waals surface area contributed by atoms with Gasteiger partial charge < -0.3 is 20.3 Å². The Morgan fingerprint density at radius 3 is 2.89 bits per heavy atom. The van der Waals surface area contributed by atoms with E-state index in [1.165, 1.54) is 7.11 Å². The van der Waals surface area contributed by atoms with Crippen molar-refractivity contribution in [2.45, 2.75) is 19.4 Å². The number of aryl methyl sites for hydroxylation is 1. The van der Waals surface area contributed by atoms with Crippen molar-refractivity contribution < 1.29 is 19.7 Å². The number of aromatic hydroxyl groups is 1. The van der Waals surface area contributed by atoms with E-state index in [4.69, 9.17) is 4.74 Å². The summed E-state index contributed by atoms with van der Waals surface area (Å²) in [5, 5.41) is 21.8. The molecule has 1 unspecified atom stereocenters. The lowest BCUT2D eigenvalue weighted by Gasteiger charge is -2.11. The van der Waals surface area contributed by atoms with E-state index in [0.717, 1.165) is 0 Å². The van der Waals surface area contributed by atoms with Crippen LogP contribution in [0, 0.1) is 6.92 Å². The molecule has 1 amide bonds. The molecule has 0 aliphatic rings. The minimum atomic E-state index is -0.596. The lowest BCUT2D eigenvalue weighted by molar-refractivity contribution is 0.0587. The monoisotopic (exact) mass is 253 g/mol. The minimum Gasteiger partial charge on any atom is -0.507 e. The van der Waals surface area contributed by atoms with Crippen molar-refractivity contribution >= 4 is 5.91 Å². The van der Waals surface area contributed by atoms with Gasteiger partial charge in [-0.2, -0.15) is 0 Å². The van der Waals surface area contributed by atoms with Gasteiger partial charge in [-0.15, -0.1) is 0 Å². The van der Waals surface area contributed by atoms with Gasteiger partial charge in [0.2, 0.25) is 0 Å². The summed E-state index contributed by atoms with van der Waals surface area (Å²) in [6, 6.07) is 5.00. The molecule has 0 aliphatic heterocycles. The number of phenols is 1. The summed E-state index contributed by atoms with van der Waals surface area (Å²) in [6.07, 6.45) is -0.187. The second kappa shape index (κ2) is 6.98. The Kier molecular flexibility index (Phi) is 5.61. The molecular formula is C13H19NO4. The van der Waals surface area contributed by atoms with Crippen LogP contribution in [0.4, 0.5) is 0 Å². The first-order chi connectivity index (χ1) is 8.56. The quantitative estimate of drug-likeness (QED) is 0.701. The molecule has 0 radical (unpaired) electrons. The van der Waals surface area contributed by atoms with Gasteiger partial charge in [-0.05, 0) is 25.0 Å². The Morgan fingerprint density at radius 2 is 2.22 bits per heavy atom. The van der Waals surface area contributed by atoms with Gasteiger partial charge in [0.15, 0.2) is 0 Å². The van der Waals surface area contributed by atoms with Crippen LogP contribution in [0.1, 0.15) is 22.3 Å². The molecule has 0 fully saturated rings. The van der Waals surface area contributed by atoms with Crippen LogP contribution in [0.15, 0.2) is 18.2 Å². The highest BCUT2D eigenvalue weighted by Crippen LogP contribution is 2.20. The standard InChI is InChI=1S/C13H19NO4/c1-9-4-3-5-11(12(9)16)13(17)14-7-6-10(15)8-18-2/h3-5,10,15-16H,6-8H2,1-2H3,(H,14,17). The Labute approximate surface area is 106 Å². The van der Waals surface area contributed by atoms with Crippen molar-refractivity contribution in [3.63, 3.8) is 0 Å². The SMILES string of the molecule is COCC(O)CCNC(=O)c1cccc(C)c1O. The third kappa shape index (κ3) is 4.01. The molecule has 100 valence electrons. The molecule has 18 heavy (non-hydrogen) atoms. The van der Waals surface area contributed by atoms with Crippen LogP contribution in [0.3, 0.4) is 0 Å². The highest BCUT2D eigenvalue weighted by Gasteiger charge is 2.12. The first-order valence-corrected chi connectivity index (χ1v) is 5.80. The highest BCUT2D eigenvalue weighted by atomic mass is 16.5. The van der Waals surface area contributed by atoms with Crippen LogP contribution >= 0.6 is 0 Å². The molecule has 3 N–H and O–H groups in total. The predicted octanol–water partition coefficient (Wildman–Crippen LogP) is 0.828. The topological polar surface area (TPSA) is 78.8 Å². The normalized spacial score (nSPS) is 12.2. The first-order valence-electron chi connectivity index (χ1n) is 5.80. The molecule has 5 heteroatoms. The molecule has 0 bridgehead atoms. The third-order valence-electron chi connectivity index (χ3n) is 2.60. The van der Waals surface area contributed by atoms with Gasteiger partial charge in [0.25, 0.3) is 5.91 Å². The summed E-state index contributed by atoms with van der Waals surface area (Å²) < 4.78 is 4.78. The van der Waals surface area contributed by atoms with Crippen molar-refractivity contribution in [1.29, 1.82) is 0 Å². The number of ether oxygens (including phenoxy) is 1. The van der Waals surface area contributed by atoms with Gasteiger partial charge >= 0.3 is 0 Å². The van der Waals surface area contributed by atoms with Crippen molar-refractivity contribution in [3.8, 4) is 5.75 Å². The summed E-state index contributed by atoms with van der Waals surface area (Å²) in [7, 11) is 1.51. The van der Waals surface area contributed by atoms with Gasteiger partial charge in [0, 0.05) is 13.7 Å². The largest absolute Gasteiger partial charge is 0.507 e. The number of aliphatic hydroxyl groups is 1. The number of hydrogen-bond donors (Lipinski definition) is 3. The molecule has 1 aromatic rings. The molecule has 1 atom stereocenters. The fourth-order valence-electron chi connectivity index (χ4n) is 1.57. The van der Waals surface area contributed by atoms with E-state index < -0.39 is 6.10 Å². The molecule has 0 heterocycles. The molecule has 0 saturated heterocycles. The van der Waals surface area contributed by atoms with E-state index in [9.17, 15) is 15.0 Å². The fourth-order valence-corrected chi connectivity index (χ4v) is 1.57. The Bertz CT molecular complexity index is 406. The first kappa shape index (κ1) is 14.5. The van der Waals surface area contributed by atoms with Crippen LogP contribution in [0.25, 0.3) is 0 Å². The van der Waals surface area contributed by atoms with Crippen molar-refractivity contribution in [2.24, 2.45) is 0 Å². The second-order valence-corrected chi connectivity index (χ2v) is 4.12. The zero-order valence-corrected chi connectivity index (χ0v) is 10.6. The van der Waals surface area contributed by atoms with Crippen LogP contribution in [0.5, 0.6) is 5.75 Å². The van der Waals surface area contributed by atoms with Gasteiger partial charge in [0.1, 0.15) is 5.75 Å². The van der Waals surface area contributed by atoms with Crippen LogP contribution < -0.4 is 5.32 Å². The Hall–Kier alpha value is -1.59. The van der Waals surface area contributed by atoms with E-state index in [-0.39, 0.29) is 23.8 Å². The zero-order valence-electron chi connectivity index (χ0n) is 10.6. The summed E-state index contributed by atoms with van der Waals surface area (Å²) in [5.41, 5.74) is 0.901. The van der Waals surface area contributed by atoms with Crippen LogP contribution in [0.2, 0.25) is 0 Å². The summed E-state index contributed by atoms with van der Waals surface area (Å²) in [4.78, 5) is 11.8. The van der Waals surface area contributed by atoms with E-state index >= 15 is 0 Å². The molecule has 1 aromatic carbocycles. The summed E-state index contributed by atoms with van der Waals surface area (Å²) >= 11 is 0. The number of phenolic OH excluding ortho intramolecular Hbond substituents is 1. The van der Waals surface area contributed by atoms with Crippen LogP contribution in [-0.2, 0) is 4.74 Å². The molecule has 0 spiro atoms. The molecule has 0 saturated carbocycles. The molecular weight excluding hydrogens is 234 g/mol. The summed E-state index contributed by atoms with van der Waals surface area (Å²) in [6.45, 7) is 2.30. The number of carbonyl (C=O) groups excluding carboxylic acids is 1. The maximum Gasteiger partial charge on any atom is 0.255 e. The number of amides is 1. The lowest BCUT2D eigenvalue weighted by atomic mass is 10.1. The maximum absolute atomic E-state index is 11.8. The Morgan fingerprint density at radius 1 is 1.50 bits per heavy atom. The van der Waals surface area contributed by atoms with Gasteiger partial charge in [-0.3, -0.25) is 4.79 Å². The van der Waals surface area contributed by atoms with Crippen LogP contribution in [-0.4, -0.2) is 42.5 Å². The number of rotatable bonds is 6. The molecule has 0 aromatic heterocycles. The van der Waals surface area contributed by atoms with E-state index in [1.807, 2.05) is 0 Å². The molecule has 0 aliphatic carbocycles. The number of hydrogen-bond acceptors (Lipinski definition) is 4. The average molecular weight is 253 g/mol. The van der Waals surface area contributed by atoms with Gasteiger partial charge in [0.05, 0.1) is 18.3 Å². The van der Waals surface area contributed by atoms with E-state index in [0.29, 0.717) is 18.5 Å². The maximum atomic E-state index is 11.8. The van der Waals surface area contributed by atoms with E-state index in [2.05, 4.69) is 5.32 Å². The van der Waals surface area contributed by atoms with Crippen molar-refractivity contribution in [1.82, 2.24) is 5.32 Å². The smallest absolute Gasteiger partial charge is 0.255 e. The lowest BCUT2D eigenvalue weighted by Crippen LogP contribution is -2.28. The minimum absolute atomic E-state index is 0.00700. The number of benzene rings is 1. The molecule has 5 nitrogen and oxygen atoms in total. The highest BCUT2D eigenvalue weighted by molar-refractivity contribution is 5.97. The van der Waals surface area contributed by atoms with Crippen molar-refractivity contribution in [3.05, 3.63) is 29.3 Å². The van der Waals surface area contributed by atoms with Gasteiger partial charge in [-0.25, -0.2) is 0 Å². The second-order valence-electron chi connectivity index (χ2n) is 4.12. The van der Waals surface area contributed by atoms with Crippen molar-refractivity contribution in [2.75, 3.05) is 20.3 Å². The number of nitrogens with one attached hydrogen (secondary N) is 1. The van der Waals surface area contributed by atoms with Gasteiger partial charge in [-0.1, -0.05) is 12.1 Å². The number of aliphatic hydroxyl groups excluding tert-OH is 1. The molecule has 1 rings (SSSR count). The summed E-state index contributed by atoms with van der Waals surface area (Å²) in [5.74, 6) is -0.353. The fraction of sp³-hybridized carbons (Fsp3) is 0.462. The van der Waals surface area contributed by atoms with E-state index in [1.54, 1.807) is 25.1 Å². The Balaban J connectivity index is 2.48. The number of methoxy groups -OCH3 is 1. The number of para-hydroxylation sites is 1. The number of carbonyl (C=O) groups is 1. The third-order valence-corrected chi connectivity index (χ3v) is 2.60. The predicted molar refractivity (Wildman–Crippen MR) is 67.7 cm³/mol. The zero-order chi connectivity index (χ0) is 13.5.